The van der Waals surface area contributed by atoms with Crippen LogP contribution in [0.15, 0.2) is 12.3 Å². The van der Waals surface area contributed by atoms with Crippen LogP contribution in [0.5, 0.6) is 0 Å². The Morgan fingerprint density at radius 2 is 2.11 bits per heavy atom. The lowest BCUT2D eigenvalue weighted by atomic mass is 10.2. The van der Waals surface area contributed by atoms with Gasteiger partial charge in [-0.2, -0.15) is 11.8 Å². The van der Waals surface area contributed by atoms with Crippen molar-refractivity contribution in [1.29, 1.82) is 0 Å². The molecule has 2 unspecified atom stereocenters. The fourth-order valence-electron chi connectivity index (χ4n) is 2.35. The van der Waals surface area contributed by atoms with Crippen LogP contribution in [0, 0.1) is 0 Å². The van der Waals surface area contributed by atoms with Crippen molar-refractivity contribution in [3.8, 4) is 0 Å². The summed E-state index contributed by atoms with van der Waals surface area (Å²) in [6.45, 7) is 7.36. The van der Waals surface area contributed by atoms with E-state index in [1.807, 2.05) is 31.1 Å². The van der Waals surface area contributed by atoms with E-state index in [1.54, 1.807) is 0 Å². The summed E-state index contributed by atoms with van der Waals surface area (Å²) in [6.07, 6.45) is 1.91. The van der Waals surface area contributed by atoms with E-state index in [2.05, 4.69) is 29.0 Å². The van der Waals surface area contributed by atoms with Gasteiger partial charge in [-0.1, -0.05) is 25.4 Å². The first-order valence-corrected chi connectivity index (χ1v) is 7.61. The number of pyridine rings is 1. The number of halogens is 1. The van der Waals surface area contributed by atoms with E-state index in [4.69, 9.17) is 11.6 Å². The average Bonchev–Trinajstić information content (AvgIpc) is 2.28. The number of nitrogens with zero attached hydrogens (tertiary/aromatic N) is 2. The molecule has 1 aliphatic heterocycles. The van der Waals surface area contributed by atoms with Crippen LogP contribution in [0.1, 0.15) is 19.4 Å². The van der Waals surface area contributed by atoms with Gasteiger partial charge in [-0.05, 0) is 18.7 Å². The van der Waals surface area contributed by atoms with Crippen molar-refractivity contribution in [2.24, 2.45) is 0 Å². The second-order valence-corrected chi connectivity index (χ2v) is 7.13. The van der Waals surface area contributed by atoms with Gasteiger partial charge in [0.2, 0.25) is 0 Å². The molecule has 2 rings (SSSR count). The molecule has 2 atom stereocenters. The van der Waals surface area contributed by atoms with Crippen molar-refractivity contribution in [3.63, 3.8) is 0 Å². The summed E-state index contributed by atoms with van der Waals surface area (Å²) in [5, 5.41) is 5.12. The largest absolute Gasteiger partial charge is 0.353 e. The Balaban J connectivity index is 2.17. The van der Waals surface area contributed by atoms with E-state index in [1.165, 1.54) is 0 Å². The average molecular weight is 286 g/mol. The van der Waals surface area contributed by atoms with Crippen LogP contribution < -0.4 is 10.2 Å². The number of aromatic nitrogens is 1. The van der Waals surface area contributed by atoms with Gasteiger partial charge in [-0.15, -0.1) is 0 Å². The van der Waals surface area contributed by atoms with Gasteiger partial charge in [-0.3, -0.25) is 0 Å². The third kappa shape index (κ3) is 3.31. The van der Waals surface area contributed by atoms with E-state index >= 15 is 0 Å². The molecule has 18 heavy (non-hydrogen) atoms. The van der Waals surface area contributed by atoms with E-state index in [9.17, 15) is 0 Å². The lowest BCUT2D eigenvalue weighted by Crippen LogP contribution is -2.41. The molecule has 0 saturated carbocycles. The monoisotopic (exact) mass is 285 g/mol. The number of thioether (sulfide) groups is 1. The minimum atomic E-state index is 0.628. The zero-order valence-corrected chi connectivity index (χ0v) is 12.7. The highest BCUT2D eigenvalue weighted by Gasteiger charge is 2.24. The predicted molar refractivity (Wildman–Crippen MR) is 80.7 cm³/mol. The van der Waals surface area contributed by atoms with Gasteiger partial charge in [0.25, 0.3) is 0 Å². The standard InChI is InChI=1S/C13H20ClN3S/c1-9-7-17(8-10(2)18-9)13-12(14)4-11(5-15-3)6-16-13/h4,6,9-10,15H,5,7-8H2,1-3H3. The molecule has 5 heteroatoms. The number of rotatable bonds is 3. The van der Waals surface area contributed by atoms with Crippen molar-refractivity contribution in [1.82, 2.24) is 10.3 Å². The summed E-state index contributed by atoms with van der Waals surface area (Å²) in [6, 6.07) is 2.01. The molecule has 1 fully saturated rings. The van der Waals surface area contributed by atoms with Crippen molar-refractivity contribution in [2.75, 3.05) is 25.0 Å². The highest BCUT2D eigenvalue weighted by atomic mass is 35.5. The molecule has 0 radical (unpaired) electrons. The van der Waals surface area contributed by atoms with Crippen molar-refractivity contribution >= 4 is 29.2 Å². The minimum absolute atomic E-state index is 0.628. The molecular formula is C13H20ClN3S. The molecule has 1 N–H and O–H groups in total. The van der Waals surface area contributed by atoms with Crippen LogP contribution in [0.4, 0.5) is 5.82 Å². The normalized spacial score (nSPS) is 24.3. The molecule has 2 heterocycles. The van der Waals surface area contributed by atoms with Gasteiger partial charge in [0, 0.05) is 36.3 Å². The van der Waals surface area contributed by atoms with E-state index in [0.717, 1.165) is 36.0 Å². The highest BCUT2D eigenvalue weighted by Crippen LogP contribution is 2.31. The Bertz CT molecular complexity index is 403. The molecule has 0 aromatic carbocycles. The summed E-state index contributed by atoms with van der Waals surface area (Å²) in [5.41, 5.74) is 1.12. The summed E-state index contributed by atoms with van der Waals surface area (Å²) in [5.74, 6) is 0.926. The van der Waals surface area contributed by atoms with Crippen LogP contribution >= 0.6 is 23.4 Å². The van der Waals surface area contributed by atoms with E-state index < -0.39 is 0 Å². The zero-order chi connectivity index (χ0) is 13.1. The lowest BCUT2D eigenvalue weighted by molar-refractivity contribution is 0.717. The van der Waals surface area contributed by atoms with Crippen molar-refractivity contribution in [3.05, 3.63) is 22.8 Å². The molecule has 1 aromatic heterocycles. The minimum Gasteiger partial charge on any atom is -0.353 e. The van der Waals surface area contributed by atoms with Crippen molar-refractivity contribution in [2.45, 2.75) is 30.9 Å². The number of hydrogen-bond donors (Lipinski definition) is 1. The molecule has 0 bridgehead atoms. The Labute approximate surface area is 118 Å². The maximum absolute atomic E-state index is 6.36. The van der Waals surface area contributed by atoms with E-state index in [-0.39, 0.29) is 0 Å². The Hall–Kier alpha value is -0.450. The van der Waals surface area contributed by atoms with Crippen LogP contribution in [0.2, 0.25) is 5.02 Å². The number of anilines is 1. The van der Waals surface area contributed by atoms with Gasteiger partial charge in [0.05, 0.1) is 5.02 Å². The van der Waals surface area contributed by atoms with Gasteiger partial charge in [0.15, 0.2) is 0 Å². The van der Waals surface area contributed by atoms with Gasteiger partial charge in [0.1, 0.15) is 5.82 Å². The smallest absolute Gasteiger partial charge is 0.147 e. The second-order valence-electron chi connectivity index (χ2n) is 4.84. The predicted octanol–water partition coefficient (Wildman–Crippen LogP) is 2.78. The third-order valence-corrected chi connectivity index (χ3v) is 4.48. The molecule has 0 aliphatic carbocycles. The first-order valence-electron chi connectivity index (χ1n) is 6.29. The Kier molecular flexibility index (Phi) is 4.76. The van der Waals surface area contributed by atoms with Gasteiger partial charge >= 0.3 is 0 Å². The molecule has 0 amide bonds. The molecule has 1 aliphatic rings. The van der Waals surface area contributed by atoms with Crippen LogP contribution in [-0.2, 0) is 6.54 Å². The van der Waals surface area contributed by atoms with Crippen LogP contribution in [-0.4, -0.2) is 35.6 Å². The van der Waals surface area contributed by atoms with Crippen LogP contribution in [0.3, 0.4) is 0 Å². The first kappa shape index (κ1) is 14.0. The fraction of sp³-hybridized carbons (Fsp3) is 0.615. The second kappa shape index (κ2) is 6.13. The number of nitrogens with one attached hydrogen (secondary N) is 1. The molecular weight excluding hydrogens is 266 g/mol. The topological polar surface area (TPSA) is 28.2 Å². The number of hydrogen-bond acceptors (Lipinski definition) is 4. The maximum atomic E-state index is 6.36. The van der Waals surface area contributed by atoms with Crippen molar-refractivity contribution < 1.29 is 0 Å². The zero-order valence-electron chi connectivity index (χ0n) is 11.1. The van der Waals surface area contributed by atoms with Gasteiger partial charge in [-0.25, -0.2) is 4.98 Å². The molecule has 3 nitrogen and oxygen atoms in total. The summed E-state index contributed by atoms with van der Waals surface area (Å²) in [4.78, 5) is 6.84. The molecule has 100 valence electrons. The van der Waals surface area contributed by atoms with E-state index in [0.29, 0.717) is 10.5 Å². The lowest BCUT2D eigenvalue weighted by Gasteiger charge is -2.35. The Morgan fingerprint density at radius 1 is 1.44 bits per heavy atom. The first-order chi connectivity index (χ1) is 8.60. The quantitative estimate of drug-likeness (QED) is 0.924. The summed E-state index contributed by atoms with van der Waals surface area (Å²) < 4.78 is 0. The fourth-order valence-corrected chi connectivity index (χ4v) is 3.99. The maximum Gasteiger partial charge on any atom is 0.147 e. The molecule has 0 spiro atoms. The van der Waals surface area contributed by atoms with Crippen LogP contribution in [0.25, 0.3) is 0 Å². The SMILES string of the molecule is CNCc1cnc(N2CC(C)SC(C)C2)c(Cl)c1. The third-order valence-electron chi connectivity index (χ3n) is 2.98. The highest BCUT2D eigenvalue weighted by molar-refractivity contribution is 8.00. The summed E-state index contributed by atoms with van der Waals surface area (Å²) in [7, 11) is 1.92. The van der Waals surface area contributed by atoms with Gasteiger partial charge < -0.3 is 10.2 Å². The molecule has 1 saturated heterocycles. The Morgan fingerprint density at radius 3 is 2.67 bits per heavy atom. The summed E-state index contributed by atoms with van der Waals surface area (Å²) >= 11 is 8.39. The molecule has 1 aromatic rings.